The van der Waals surface area contributed by atoms with Crippen molar-refractivity contribution in [2.75, 3.05) is 5.75 Å². The molecule has 0 aromatic heterocycles. The van der Waals surface area contributed by atoms with E-state index < -0.39 is 17.9 Å². The molecular weight excluding hydrogens is 288 g/mol. The Hall–Kier alpha value is -2.00. The zero-order valence-corrected chi connectivity index (χ0v) is 12.8. The van der Waals surface area contributed by atoms with Crippen LogP contribution in [0.2, 0.25) is 0 Å². The van der Waals surface area contributed by atoms with Crippen molar-refractivity contribution in [2.45, 2.75) is 31.2 Å². The molecule has 2 N–H and O–H groups in total. The summed E-state index contributed by atoms with van der Waals surface area (Å²) in [7, 11) is 0. The van der Waals surface area contributed by atoms with Crippen LogP contribution in [0.3, 0.4) is 0 Å². The van der Waals surface area contributed by atoms with Gasteiger partial charge in [0.2, 0.25) is 0 Å². The average molecular weight is 306 g/mol. The SMILES string of the molecule is CCC(C)C(NC(=O)c1ccccc1SCC#N)C(=O)O. The van der Waals surface area contributed by atoms with Crippen molar-refractivity contribution in [3.05, 3.63) is 29.8 Å². The van der Waals surface area contributed by atoms with Gasteiger partial charge in [0.1, 0.15) is 6.04 Å². The van der Waals surface area contributed by atoms with E-state index in [0.29, 0.717) is 16.9 Å². The molecule has 0 aliphatic rings. The van der Waals surface area contributed by atoms with Gasteiger partial charge in [-0.1, -0.05) is 32.4 Å². The summed E-state index contributed by atoms with van der Waals surface area (Å²) in [6, 6.07) is 7.95. The molecule has 1 rings (SSSR count). The first-order valence-corrected chi connectivity index (χ1v) is 7.62. The van der Waals surface area contributed by atoms with E-state index in [2.05, 4.69) is 5.32 Å². The van der Waals surface area contributed by atoms with E-state index in [4.69, 9.17) is 5.26 Å². The molecule has 2 atom stereocenters. The minimum atomic E-state index is -1.04. The van der Waals surface area contributed by atoms with Crippen molar-refractivity contribution in [3.63, 3.8) is 0 Å². The molecule has 1 amide bonds. The summed E-state index contributed by atoms with van der Waals surface area (Å²) in [6.45, 7) is 3.67. The van der Waals surface area contributed by atoms with Gasteiger partial charge in [0.15, 0.2) is 0 Å². The van der Waals surface area contributed by atoms with Crippen LogP contribution in [0.1, 0.15) is 30.6 Å². The molecule has 0 aliphatic heterocycles. The fraction of sp³-hybridized carbons (Fsp3) is 0.400. The zero-order chi connectivity index (χ0) is 15.8. The summed E-state index contributed by atoms with van der Waals surface area (Å²) in [5, 5.41) is 20.4. The van der Waals surface area contributed by atoms with Crippen LogP contribution in [-0.4, -0.2) is 28.8 Å². The highest BCUT2D eigenvalue weighted by Crippen LogP contribution is 2.22. The number of carbonyl (C=O) groups is 2. The van der Waals surface area contributed by atoms with E-state index in [1.807, 2.05) is 13.0 Å². The Bertz CT molecular complexity index is 554. The van der Waals surface area contributed by atoms with Crippen LogP contribution in [0.4, 0.5) is 0 Å². The number of carbonyl (C=O) groups excluding carboxylic acids is 1. The third-order valence-corrected chi connectivity index (χ3v) is 4.13. The molecule has 2 unspecified atom stereocenters. The van der Waals surface area contributed by atoms with Gasteiger partial charge in [-0.3, -0.25) is 4.79 Å². The molecule has 6 heteroatoms. The van der Waals surface area contributed by atoms with Gasteiger partial charge in [-0.2, -0.15) is 5.26 Å². The molecule has 0 saturated heterocycles. The highest BCUT2D eigenvalue weighted by molar-refractivity contribution is 7.99. The van der Waals surface area contributed by atoms with Crippen LogP contribution < -0.4 is 5.32 Å². The molecule has 5 nitrogen and oxygen atoms in total. The molecule has 0 saturated carbocycles. The number of nitrogens with zero attached hydrogens (tertiary/aromatic N) is 1. The third kappa shape index (κ3) is 4.80. The standard InChI is InChI=1S/C15H18N2O3S/c1-3-10(2)13(15(19)20)17-14(18)11-6-4-5-7-12(11)21-9-8-16/h4-7,10,13H,3,9H2,1-2H3,(H,17,18)(H,19,20). The molecule has 21 heavy (non-hydrogen) atoms. The first-order valence-electron chi connectivity index (χ1n) is 6.63. The Morgan fingerprint density at radius 3 is 2.67 bits per heavy atom. The first kappa shape index (κ1) is 17.1. The lowest BCUT2D eigenvalue weighted by atomic mass is 9.99. The van der Waals surface area contributed by atoms with E-state index in [0.717, 1.165) is 0 Å². The normalized spacial score (nSPS) is 13.0. The van der Waals surface area contributed by atoms with Crippen molar-refractivity contribution >= 4 is 23.6 Å². The second kappa shape index (κ2) is 8.32. The number of carboxylic acids is 1. The first-order chi connectivity index (χ1) is 10.0. The van der Waals surface area contributed by atoms with E-state index in [1.54, 1.807) is 31.2 Å². The maximum atomic E-state index is 12.3. The monoisotopic (exact) mass is 306 g/mol. The molecule has 0 fully saturated rings. The Morgan fingerprint density at radius 1 is 1.43 bits per heavy atom. The number of hydrogen-bond donors (Lipinski definition) is 2. The largest absolute Gasteiger partial charge is 0.480 e. The highest BCUT2D eigenvalue weighted by Gasteiger charge is 2.26. The van der Waals surface area contributed by atoms with E-state index in [1.165, 1.54) is 11.8 Å². The number of carboxylic acid groups (broad SMARTS) is 1. The van der Waals surface area contributed by atoms with Gasteiger partial charge in [-0.05, 0) is 18.1 Å². The summed E-state index contributed by atoms with van der Waals surface area (Å²) in [4.78, 5) is 24.2. The predicted molar refractivity (Wildman–Crippen MR) is 81.1 cm³/mol. The fourth-order valence-electron chi connectivity index (χ4n) is 1.79. The van der Waals surface area contributed by atoms with Crippen molar-refractivity contribution < 1.29 is 14.7 Å². The molecular formula is C15H18N2O3S. The Labute approximate surface area is 128 Å². The predicted octanol–water partition coefficient (Wildman–Crippen LogP) is 2.53. The van der Waals surface area contributed by atoms with Crippen molar-refractivity contribution in [3.8, 4) is 6.07 Å². The van der Waals surface area contributed by atoms with Crippen LogP contribution in [-0.2, 0) is 4.79 Å². The Morgan fingerprint density at radius 2 is 2.10 bits per heavy atom. The minimum Gasteiger partial charge on any atom is -0.480 e. The van der Waals surface area contributed by atoms with Gasteiger partial charge in [-0.25, -0.2) is 4.79 Å². The number of nitriles is 1. The summed E-state index contributed by atoms with van der Waals surface area (Å²) < 4.78 is 0. The van der Waals surface area contributed by atoms with Crippen molar-refractivity contribution in [1.29, 1.82) is 5.26 Å². The van der Waals surface area contributed by atoms with Crippen LogP contribution in [0.25, 0.3) is 0 Å². The number of amides is 1. The molecule has 0 aliphatic carbocycles. The number of hydrogen-bond acceptors (Lipinski definition) is 4. The van der Waals surface area contributed by atoms with E-state index in [-0.39, 0.29) is 11.7 Å². The molecule has 112 valence electrons. The number of benzene rings is 1. The second-order valence-electron chi connectivity index (χ2n) is 4.62. The lowest BCUT2D eigenvalue weighted by Crippen LogP contribution is -2.45. The van der Waals surface area contributed by atoms with Crippen molar-refractivity contribution in [2.24, 2.45) is 5.92 Å². The van der Waals surface area contributed by atoms with Crippen LogP contribution in [0, 0.1) is 17.2 Å². The van der Waals surface area contributed by atoms with Gasteiger partial charge in [0, 0.05) is 4.90 Å². The van der Waals surface area contributed by atoms with Crippen LogP contribution in [0.5, 0.6) is 0 Å². The summed E-state index contributed by atoms with van der Waals surface area (Å²) >= 11 is 1.26. The van der Waals surface area contributed by atoms with Crippen LogP contribution in [0.15, 0.2) is 29.2 Å². The van der Waals surface area contributed by atoms with E-state index in [9.17, 15) is 14.7 Å². The third-order valence-electron chi connectivity index (χ3n) is 3.19. The number of thioether (sulfide) groups is 1. The van der Waals surface area contributed by atoms with Gasteiger partial charge in [-0.15, -0.1) is 11.8 Å². The highest BCUT2D eigenvalue weighted by atomic mass is 32.2. The molecule has 0 heterocycles. The number of rotatable bonds is 7. The summed E-state index contributed by atoms with van der Waals surface area (Å²) in [5.41, 5.74) is 0.396. The lowest BCUT2D eigenvalue weighted by molar-refractivity contribution is -0.140. The van der Waals surface area contributed by atoms with Crippen LogP contribution >= 0.6 is 11.8 Å². The zero-order valence-electron chi connectivity index (χ0n) is 12.0. The quantitative estimate of drug-likeness (QED) is 0.755. The molecule has 0 radical (unpaired) electrons. The average Bonchev–Trinajstić information content (AvgIpc) is 2.49. The topological polar surface area (TPSA) is 90.2 Å². The fourth-order valence-corrected chi connectivity index (χ4v) is 2.50. The summed E-state index contributed by atoms with van der Waals surface area (Å²) in [5.74, 6) is -1.40. The maximum absolute atomic E-state index is 12.3. The van der Waals surface area contributed by atoms with Gasteiger partial charge in [0.05, 0.1) is 17.4 Å². The van der Waals surface area contributed by atoms with Gasteiger partial charge in [0.25, 0.3) is 5.91 Å². The maximum Gasteiger partial charge on any atom is 0.326 e. The van der Waals surface area contributed by atoms with E-state index >= 15 is 0 Å². The second-order valence-corrected chi connectivity index (χ2v) is 5.64. The number of aliphatic carboxylic acids is 1. The molecule has 0 bridgehead atoms. The minimum absolute atomic E-state index is 0.162. The smallest absolute Gasteiger partial charge is 0.326 e. The Balaban J connectivity index is 2.93. The molecule has 1 aromatic rings. The van der Waals surface area contributed by atoms with Crippen molar-refractivity contribution in [1.82, 2.24) is 5.32 Å². The Kier molecular flexibility index (Phi) is 6.76. The molecule has 1 aromatic carbocycles. The van der Waals surface area contributed by atoms with Gasteiger partial charge < -0.3 is 10.4 Å². The lowest BCUT2D eigenvalue weighted by Gasteiger charge is -2.20. The summed E-state index contributed by atoms with van der Waals surface area (Å²) in [6.07, 6.45) is 0.655. The number of nitrogens with one attached hydrogen (secondary N) is 1. The van der Waals surface area contributed by atoms with Gasteiger partial charge >= 0.3 is 5.97 Å². The molecule has 0 spiro atoms.